The van der Waals surface area contributed by atoms with E-state index in [9.17, 15) is 9.18 Å². The first-order chi connectivity index (χ1) is 15.6. The molecule has 3 rings (SSSR count). The number of likely N-dealkylation sites (tertiary alicyclic amines) is 1. The average Bonchev–Trinajstić information content (AvgIpc) is 2.81. The number of hydrogen-bond acceptors (Lipinski definition) is 5. The van der Waals surface area contributed by atoms with Crippen molar-refractivity contribution in [3.63, 3.8) is 0 Å². The summed E-state index contributed by atoms with van der Waals surface area (Å²) in [5, 5.41) is 6.71. The summed E-state index contributed by atoms with van der Waals surface area (Å²) in [4.78, 5) is 22.5. The number of nitrogens with zero attached hydrogens (tertiary/aromatic N) is 3. The number of aliphatic imine (C=N–C) groups is 1. The Bertz CT molecular complexity index is 888. The van der Waals surface area contributed by atoms with Crippen molar-refractivity contribution in [2.75, 3.05) is 26.2 Å². The molecular formula is C23H31FIN5O3. The van der Waals surface area contributed by atoms with Crippen molar-refractivity contribution >= 4 is 36.0 Å². The highest BCUT2D eigenvalue weighted by Gasteiger charge is 2.24. The van der Waals surface area contributed by atoms with Gasteiger partial charge in [-0.05, 0) is 56.5 Å². The maximum atomic E-state index is 13.0. The summed E-state index contributed by atoms with van der Waals surface area (Å²) in [6, 6.07) is 9.70. The first-order valence-corrected chi connectivity index (χ1v) is 10.9. The van der Waals surface area contributed by atoms with Crippen molar-refractivity contribution in [3.8, 4) is 11.6 Å². The molecule has 0 unspecified atom stereocenters. The molecule has 0 radical (unpaired) electrons. The number of hydrogen-bond donors (Lipinski definition) is 2. The quantitative estimate of drug-likeness (QED) is 0.293. The van der Waals surface area contributed by atoms with Gasteiger partial charge >= 0.3 is 6.09 Å². The number of ether oxygens (including phenoxy) is 2. The van der Waals surface area contributed by atoms with Gasteiger partial charge in [0.1, 0.15) is 11.6 Å². The fourth-order valence-electron chi connectivity index (χ4n) is 3.29. The molecule has 8 nitrogen and oxygen atoms in total. The fraction of sp³-hybridized carbons (Fsp3) is 0.435. The third-order valence-corrected chi connectivity index (χ3v) is 4.96. The molecular weight excluding hydrogens is 540 g/mol. The van der Waals surface area contributed by atoms with Gasteiger partial charge < -0.3 is 25.0 Å². The van der Waals surface area contributed by atoms with E-state index in [0.29, 0.717) is 37.9 Å². The maximum Gasteiger partial charge on any atom is 0.409 e. The van der Waals surface area contributed by atoms with Crippen LogP contribution in [-0.4, -0.2) is 54.2 Å². The molecule has 0 saturated carbocycles. The van der Waals surface area contributed by atoms with Gasteiger partial charge in [0.05, 0.1) is 13.2 Å². The Kier molecular flexibility index (Phi) is 11.1. The summed E-state index contributed by atoms with van der Waals surface area (Å²) in [6.07, 6.45) is 3.13. The van der Waals surface area contributed by atoms with Crippen LogP contribution >= 0.6 is 24.0 Å². The highest BCUT2D eigenvalue weighted by molar-refractivity contribution is 14.0. The monoisotopic (exact) mass is 571 g/mol. The van der Waals surface area contributed by atoms with Gasteiger partial charge in [0.15, 0.2) is 5.96 Å². The number of pyridine rings is 1. The highest BCUT2D eigenvalue weighted by atomic mass is 127. The van der Waals surface area contributed by atoms with E-state index >= 15 is 0 Å². The number of halogens is 2. The maximum absolute atomic E-state index is 13.0. The first kappa shape index (κ1) is 26.6. The third-order valence-electron chi connectivity index (χ3n) is 4.96. The molecule has 0 atom stereocenters. The number of aromatic nitrogens is 1. The van der Waals surface area contributed by atoms with Crippen LogP contribution < -0.4 is 15.4 Å². The Morgan fingerprint density at radius 2 is 1.91 bits per heavy atom. The van der Waals surface area contributed by atoms with E-state index < -0.39 is 0 Å². The minimum Gasteiger partial charge on any atom is -0.450 e. The van der Waals surface area contributed by atoms with Gasteiger partial charge in [-0.15, -0.1) is 24.0 Å². The van der Waals surface area contributed by atoms with Crippen LogP contribution in [-0.2, 0) is 11.3 Å². The lowest BCUT2D eigenvalue weighted by Crippen LogP contribution is -2.49. The van der Waals surface area contributed by atoms with Gasteiger partial charge in [-0.1, -0.05) is 6.07 Å². The molecule has 2 heterocycles. The summed E-state index contributed by atoms with van der Waals surface area (Å²) in [5.74, 6) is 1.38. The summed E-state index contributed by atoms with van der Waals surface area (Å²) in [7, 11) is 0. The zero-order chi connectivity index (χ0) is 22.8. The smallest absolute Gasteiger partial charge is 0.409 e. The Balaban J connectivity index is 0.00000385. The molecule has 1 aromatic heterocycles. The summed E-state index contributed by atoms with van der Waals surface area (Å²) in [5.41, 5.74) is 0.936. The van der Waals surface area contributed by atoms with Crippen LogP contribution in [0.4, 0.5) is 9.18 Å². The Hall–Kier alpha value is -2.63. The van der Waals surface area contributed by atoms with Crippen LogP contribution in [0.2, 0.25) is 0 Å². The summed E-state index contributed by atoms with van der Waals surface area (Å²) in [6.45, 7) is 6.75. The zero-order valence-corrected chi connectivity index (χ0v) is 21.3. The molecule has 0 aliphatic carbocycles. The molecule has 1 saturated heterocycles. The molecule has 1 fully saturated rings. The zero-order valence-electron chi connectivity index (χ0n) is 18.9. The van der Waals surface area contributed by atoms with Gasteiger partial charge in [-0.25, -0.2) is 19.2 Å². The first-order valence-electron chi connectivity index (χ1n) is 10.9. The normalized spacial score (nSPS) is 14.3. The van der Waals surface area contributed by atoms with Gasteiger partial charge in [0.2, 0.25) is 5.88 Å². The van der Waals surface area contributed by atoms with Crippen molar-refractivity contribution in [3.05, 3.63) is 54.0 Å². The standard InChI is InChI=1S/C23H30FN5O3.HI/c1-3-25-22(28-19-11-13-29(14-12-19)23(30)31-4-2)27-16-17-5-10-21(26-15-17)32-20-8-6-18(24)7-9-20;/h5-10,15,19H,3-4,11-14,16H2,1-2H3,(H2,25,27,28);1H. The van der Waals surface area contributed by atoms with E-state index in [2.05, 4.69) is 20.6 Å². The molecule has 180 valence electrons. The molecule has 2 N–H and O–H groups in total. The molecule has 0 bridgehead atoms. The lowest BCUT2D eigenvalue weighted by molar-refractivity contribution is 0.0963. The lowest BCUT2D eigenvalue weighted by atomic mass is 10.1. The molecule has 1 aromatic carbocycles. The summed E-state index contributed by atoms with van der Waals surface area (Å²) >= 11 is 0. The van der Waals surface area contributed by atoms with Crippen molar-refractivity contribution in [1.29, 1.82) is 0 Å². The predicted octanol–water partition coefficient (Wildman–Crippen LogP) is 4.31. The summed E-state index contributed by atoms with van der Waals surface area (Å²) < 4.78 is 23.7. The van der Waals surface area contributed by atoms with Crippen molar-refractivity contribution < 1.29 is 18.7 Å². The largest absolute Gasteiger partial charge is 0.450 e. The lowest BCUT2D eigenvalue weighted by Gasteiger charge is -2.32. The average molecular weight is 571 g/mol. The number of carbonyl (C=O) groups excluding carboxylic acids is 1. The van der Waals surface area contributed by atoms with Crippen LogP contribution in [0.5, 0.6) is 11.6 Å². The second-order valence-electron chi connectivity index (χ2n) is 7.36. The number of rotatable bonds is 7. The van der Waals surface area contributed by atoms with E-state index in [4.69, 9.17) is 9.47 Å². The van der Waals surface area contributed by atoms with E-state index in [1.54, 1.807) is 29.3 Å². The fourth-order valence-corrected chi connectivity index (χ4v) is 3.29. The molecule has 1 aliphatic rings. The van der Waals surface area contributed by atoms with Crippen LogP contribution in [0.3, 0.4) is 0 Å². The van der Waals surface area contributed by atoms with E-state index in [0.717, 1.165) is 30.9 Å². The third kappa shape index (κ3) is 8.67. The van der Waals surface area contributed by atoms with Crippen LogP contribution in [0.15, 0.2) is 47.6 Å². The number of nitrogens with one attached hydrogen (secondary N) is 2. The molecule has 1 aliphatic heterocycles. The molecule has 1 amide bonds. The number of carbonyl (C=O) groups is 1. The highest BCUT2D eigenvalue weighted by Crippen LogP contribution is 2.19. The van der Waals surface area contributed by atoms with Crippen molar-refractivity contribution in [1.82, 2.24) is 20.5 Å². The van der Waals surface area contributed by atoms with Gasteiger partial charge in [0.25, 0.3) is 0 Å². The van der Waals surface area contributed by atoms with Gasteiger partial charge in [-0.2, -0.15) is 0 Å². The predicted molar refractivity (Wildman–Crippen MR) is 136 cm³/mol. The molecule has 2 aromatic rings. The van der Waals surface area contributed by atoms with E-state index in [1.807, 2.05) is 19.9 Å². The van der Waals surface area contributed by atoms with Crippen LogP contribution in [0.1, 0.15) is 32.3 Å². The second kappa shape index (κ2) is 13.8. The number of guanidine groups is 1. The Morgan fingerprint density at radius 1 is 1.18 bits per heavy atom. The van der Waals surface area contributed by atoms with Crippen molar-refractivity contribution in [2.45, 2.75) is 39.3 Å². The van der Waals surface area contributed by atoms with Crippen LogP contribution in [0, 0.1) is 5.82 Å². The molecule has 33 heavy (non-hydrogen) atoms. The topological polar surface area (TPSA) is 88.1 Å². The second-order valence-corrected chi connectivity index (χ2v) is 7.36. The van der Waals surface area contributed by atoms with E-state index in [1.165, 1.54) is 12.1 Å². The molecule has 10 heteroatoms. The number of benzene rings is 1. The van der Waals surface area contributed by atoms with Gasteiger partial charge in [-0.3, -0.25) is 0 Å². The minimum atomic E-state index is -0.312. The van der Waals surface area contributed by atoms with Crippen LogP contribution in [0.25, 0.3) is 0 Å². The Labute approximate surface area is 211 Å². The Morgan fingerprint density at radius 3 is 2.52 bits per heavy atom. The number of piperidine rings is 1. The van der Waals surface area contributed by atoms with Gasteiger partial charge in [0, 0.05) is 37.9 Å². The minimum absolute atomic E-state index is 0. The van der Waals surface area contributed by atoms with E-state index in [-0.39, 0.29) is 41.9 Å². The van der Waals surface area contributed by atoms with Crippen molar-refractivity contribution in [2.24, 2.45) is 4.99 Å². The number of amides is 1. The molecule has 0 spiro atoms. The SMILES string of the molecule is CCNC(=NCc1ccc(Oc2ccc(F)cc2)nc1)NC1CCN(C(=O)OCC)CC1.I.